The van der Waals surface area contributed by atoms with E-state index >= 15 is 4.39 Å². The van der Waals surface area contributed by atoms with E-state index in [1.54, 1.807) is 32.9 Å². The van der Waals surface area contributed by atoms with Gasteiger partial charge >= 0.3 is 6.09 Å². The van der Waals surface area contributed by atoms with E-state index in [-0.39, 0.29) is 5.69 Å². The van der Waals surface area contributed by atoms with Crippen LogP contribution in [0.1, 0.15) is 32.0 Å². The van der Waals surface area contributed by atoms with Crippen LogP contribution in [0.2, 0.25) is 0 Å². The van der Waals surface area contributed by atoms with E-state index in [9.17, 15) is 4.79 Å². The predicted octanol–water partition coefficient (Wildman–Crippen LogP) is 3.31. The summed E-state index contributed by atoms with van der Waals surface area (Å²) in [5.41, 5.74) is 2.06. The molecule has 1 aliphatic heterocycles. The second-order valence-electron chi connectivity index (χ2n) is 8.82. The molecule has 0 unspecified atom stereocenters. The van der Waals surface area contributed by atoms with Gasteiger partial charge in [0.15, 0.2) is 0 Å². The molecular weight excluding hydrogens is 399 g/mol. The van der Waals surface area contributed by atoms with Crippen LogP contribution < -0.4 is 15.5 Å². The SMILES string of the molecule is CN(C)CCN(C(=O)OC(C)(C)C)c1ccc(Nc2ncc3c(n2)CNCC3)cc1F. The standard InChI is InChI=1S/C22H31FN6O2/c1-22(2,3)31-21(30)29(11-10-28(4)5)19-7-6-16(12-17(19)23)26-20-25-13-15-8-9-24-14-18(15)27-20/h6-7,12-13,24H,8-11,14H2,1-5H3,(H,25,26,27). The number of hydrogen-bond donors (Lipinski definition) is 2. The molecule has 1 amide bonds. The molecule has 2 N–H and O–H groups in total. The van der Waals surface area contributed by atoms with E-state index in [1.807, 2.05) is 25.2 Å². The Morgan fingerprint density at radius 3 is 2.74 bits per heavy atom. The van der Waals surface area contributed by atoms with Crippen LogP contribution in [-0.2, 0) is 17.7 Å². The van der Waals surface area contributed by atoms with Crippen LogP contribution >= 0.6 is 0 Å². The Morgan fingerprint density at radius 1 is 1.29 bits per heavy atom. The number of likely N-dealkylation sites (N-methyl/N-ethyl adjacent to an activating group) is 1. The van der Waals surface area contributed by atoms with Crippen molar-refractivity contribution in [1.29, 1.82) is 0 Å². The maximum absolute atomic E-state index is 15.0. The monoisotopic (exact) mass is 430 g/mol. The lowest BCUT2D eigenvalue weighted by molar-refractivity contribution is 0.0577. The van der Waals surface area contributed by atoms with Gasteiger partial charge in [-0.3, -0.25) is 4.90 Å². The Kier molecular flexibility index (Phi) is 7.07. The third kappa shape index (κ3) is 6.35. The normalized spacial score (nSPS) is 13.6. The summed E-state index contributed by atoms with van der Waals surface area (Å²) in [6.07, 6.45) is 2.12. The first-order valence-corrected chi connectivity index (χ1v) is 10.4. The van der Waals surface area contributed by atoms with Gasteiger partial charge in [-0.2, -0.15) is 0 Å². The fourth-order valence-electron chi connectivity index (χ4n) is 3.15. The number of nitrogens with zero attached hydrogens (tertiary/aromatic N) is 4. The minimum atomic E-state index is -0.677. The van der Waals surface area contributed by atoms with E-state index in [4.69, 9.17) is 4.74 Å². The lowest BCUT2D eigenvalue weighted by atomic mass is 10.1. The third-order valence-corrected chi connectivity index (χ3v) is 4.70. The molecule has 0 aliphatic carbocycles. The van der Waals surface area contributed by atoms with Gasteiger partial charge in [0.25, 0.3) is 0 Å². The Bertz CT molecular complexity index is 929. The largest absolute Gasteiger partial charge is 0.443 e. The minimum Gasteiger partial charge on any atom is -0.443 e. The van der Waals surface area contributed by atoms with Gasteiger partial charge in [0.1, 0.15) is 11.4 Å². The number of carbonyl (C=O) groups excluding carboxylic acids is 1. The van der Waals surface area contributed by atoms with Crippen LogP contribution in [0.15, 0.2) is 24.4 Å². The van der Waals surface area contributed by atoms with Crippen LogP contribution in [0.5, 0.6) is 0 Å². The summed E-state index contributed by atoms with van der Waals surface area (Å²) >= 11 is 0. The molecule has 3 rings (SSSR count). The van der Waals surface area contributed by atoms with Gasteiger partial charge in [-0.15, -0.1) is 0 Å². The molecule has 1 aromatic heterocycles. The molecule has 168 valence electrons. The van der Waals surface area contributed by atoms with E-state index < -0.39 is 17.5 Å². The highest BCUT2D eigenvalue weighted by atomic mass is 19.1. The van der Waals surface area contributed by atoms with Gasteiger partial charge in [-0.05, 0) is 71.6 Å². The molecule has 0 radical (unpaired) electrons. The first kappa shape index (κ1) is 22.9. The Hall–Kier alpha value is -2.78. The maximum Gasteiger partial charge on any atom is 0.414 e. The van der Waals surface area contributed by atoms with Gasteiger partial charge in [-0.25, -0.2) is 19.2 Å². The smallest absolute Gasteiger partial charge is 0.414 e. The summed E-state index contributed by atoms with van der Waals surface area (Å²) in [6, 6.07) is 4.60. The van der Waals surface area contributed by atoms with Crippen LogP contribution in [-0.4, -0.2) is 60.3 Å². The zero-order chi connectivity index (χ0) is 22.6. The van der Waals surface area contributed by atoms with E-state index in [1.165, 1.54) is 11.0 Å². The lowest BCUT2D eigenvalue weighted by Crippen LogP contribution is -2.41. The first-order valence-electron chi connectivity index (χ1n) is 10.4. The van der Waals surface area contributed by atoms with Crippen molar-refractivity contribution in [1.82, 2.24) is 20.2 Å². The molecule has 2 aromatic rings. The molecule has 9 heteroatoms. The average Bonchev–Trinajstić information content (AvgIpc) is 2.68. The number of rotatable bonds is 6. The molecule has 31 heavy (non-hydrogen) atoms. The molecule has 0 saturated heterocycles. The molecule has 2 heterocycles. The fraction of sp³-hybridized carbons (Fsp3) is 0.500. The topological polar surface area (TPSA) is 82.6 Å². The number of nitrogens with one attached hydrogen (secondary N) is 2. The van der Waals surface area contributed by atoms with Gasteiger partial charge in [-0.1, -0.05) is 0 Å². The second-order valence-corrected chi connectivity index (χ2v) is 8.82. The summed E-state index contributed by atoms with van der Waals surface area (Å²) in [6.45, 7) is 7.82. The van der Waals surface area contributed by atoms with Crippen molar-refractivity contribution in [3.05, 3.63) is 41.5 Å². The molecule has 0 bridgehead atoms. The van der Waals surface area contributed by atoms with Gasteiger partial charge in [0.05, 0.1) is 11.4 Å². The molecule has 0 spiro atoms. The third-order valence-electron chi connectivity index (χ3n) is 4.70. The molecule has 1 aromatic carbocycles. The number of benzene rings is 1. The highest BCUT2D eigenvalue weighted by molar-refractivity contribution is 5.88. The Labute approximate surface area is 182 Å². The van der Waals surface area contributed by atoms with Crippen molar-refractivity contribution in [2.24, 2.45) is 0 Å². The fourth-order valence-corrected chi connectivity index (χ4v) is 3.15. The summed E-state index contributed by atoms with van der Waals surface area (Å²) in [4.78, 5) is 24.8. The quantitative estimate of drug-likeness (QED) is 0.728. The van der Waals surface area contributed by atoms with Crippen molar-refractivity contribution in [3.8, 4) is 0 Å². The summed E-state index contributed by atoms with van der Waals surface area (Å²) < 4.78 is 20.5. The van der Waals surface area contributed by atoms with E-state index in [0.717, 1.165) is 24.2 Å². The molecular formula is C22H31FN6O2. The van der Waals surface area contributed by atoms with E-state index in [0.29, 0.717) is 31.3 Å². The Balaban J connectivity index is 1.80. The number of hydrogen-bond acceptors (Lipinski definition) is 7. The van der Waals surface area contributed by atoms with Crippen molar-refractivity contribution in [2.75, 3.05) is 43.9 Å². The van der Waals surface area contributed by atoms with Crippen molar-refractivity contribution < 1.29 is 13.9 Å². The van der Waals surface area contributed by atoms with Gasteiger partial charge in [0, 0.05) is 31.5 Å². The number of anilines is 3. The molecule has 0 saturated carbocycles. The number of ether oxygens (including phenoxy) is 1. The first-order chi connectivity index (χ1) is 14.6. The number of carbonyl (C=O) groups is 1. The number of amides is 1. The minimum absolute atomic E-state index is 0.164. The second kappa shape index (κ2) is 9.57. The van der Waals surface area contributed by atoms with E-state index in [2.05, 4.69) is 20.6 Å². The maximum atomic E-state index is 15.0. The molecule has 0 atom stereocenters. The van der Waals surface area contributed by atoms with Gasteiger partial charge < -0.3 is 20.3 Å². The summed E-state index contributed by atoms with van der Waals surface area (Å²) in [7, 11) is 3.79. The number of aromatic nitrogens is 2. The zero-order valence-corrected chi connectivity index (χ0v) is 18.8. The van der Waals surface area contributed by atoms with Crippen LogP contribution in [0.25, 0.3) is 0 Å². The van der Waals surface area contributed by atoms with Crippen LogP contribution in [0, 0.1) is 5.82 Å². The average molecular weight is 431 g/mol. The highest BCUT2D eigenvalue weighted by Crippen LogP contribution is 2.26. The van der Waals surface area contributed by atoms with Crippen LogP contribution in [0.4, 0.5) is 26.5 Å². The summed E-state index contributed by atoms with van der Waals surface area (Å²) in [5.74, 6) is -0.125. The Morgan fingerprint density at radius 2 is 2.06 bits per heavy atom. The predicted molar refractivity (Wildman–Crippen MR) is 119 cm³/mol. The highest BCUT2D eigenvalue weighted by Gasteiger charge is 2.25. The van der Waals surface area contributed by atoms with Crippen molar-refractivity contribution >= 4 is 23.4 Å². The van der Waals surface area contributed by atoms with Crippen LogP contribution in [0.3, 0.4) is 0 Å². The number of fused-ring (bicyclic) bond motifs is 1. The molecule has 1 aliphatic rings. The summed E-state index contributed by atoms with van der Waals surface area (Å²) in [5, 5.41) is 6.32. The molecule has 8 nitrogen and oxygen atoms in total. The van der Waals surface area contributed by atoms with Crippen molar-refractivity contribution in [2.45, 2.75) is 39.3 Å². The lowest BCUT2D eigenvalue weighted by Gasteiger charge is -2.28. The van der Waals surface area contributed by atoms with Gasteiger partial charge in [0.2, 0.25) is 5.95 Å². The zero-order valence-electron chi connectivity index (χ0n) is 18.8. The number of halogens is 1. The molecule has 0 fully saturated rings. The van der Waals surface area contributed by atoms with Crippen molar-refractivity contribution in [3.63, 3.8) is 0 Å².